The Morgan fingerprint density at radius 3 is 2.42 bits per heavy atom. The molecule has 0 spiro atoms. The fourth-order valence-electron chi connectivity index (χ4n) is 1.80. The molecule has 1 fully saturated rings. The molecule has 12 heavy (non-hydrogen) atoms. The highest BCUT2D eigenvalue weighted by atomic mass is 16.5. The number of hydrogen-bond acceptors (Lipinski definition) is 4. The number of ether oxygens (including phenoxy) is 1. The largest absolute Gasteiger partial charge is 0.394 e. The van der Waals surface area contributed by atoms with Crippen LogP contribution in [0.1, 0.15) is 6.92 Å². The number of rotatable bonds is 2. The average molecular weight is 174 g/mol. The minimum absolute atomic E-state index is 0.197. The molecule has 0 aromatic rings. The van der Waals surface area contributed by atoms with E-state index in [1.807, 2.05) is 0 Å². The molecule has 1 rings (SSSR count). The lowest BCUT2D eigenvalue weighted by Crippen LogP contribution is -2.36. The van der Waals surface area contributed by atoms with E-state index in [-0.39, 0.29) is 18.5 Å². The van der Waals surface area contributed by atoms with Gasteiger partial charge in [-0.05, 0) is 6.92 Å². The Bertz CT molecular complexity index is 152. The first-order valence-corrected chi connectivity index (χ1v) is 4.20. The molecule has 1 aliphatic heterocycles. The molecule has 0 bridgehead atoms. The molecule has 3 unspecified atom stereocenters. The van der Waals surface area contributed by atoms with Gasteiger partial charge in [-0.25, -0.2) is 0 Å². The van der Waals surface area contributed by atoms with Gasteiger partial charge in [0.25, 0.3) is 0 Å². The van der Waals surface area contributed by atoms with Crippen molar-refractivity contribution in [2.75, 3.05) is 6.61 Å². The van der Waals surface area contributed by atoms with Crippen LogP contribution in [-0.2, 0) is 4.74 Å². The summed E-state index contributed by atoms with van der Waals surface area (Å²) in [4.78, 5) is 0. The van der Waals surface area contributed by atoms with Crippen LogP contribution in [0.15, 0.2) is 0 Å². The summed E-state index contributed by atoms with van der Waals surface area (Å²) in [6.45, 7) is 1.42. The highest BCUT2D eigenvalue weighted by Gasteiger charge is 2.42. The van der Waals surface area contributed by atoms with Gasteiger partial charge in [0.15, 0.2) is 0 Å². The molecular weight excluding hydrogens is 159 g/mol. The predicted octanol–water partition coefficient (Wildman–Crippen LogP) is -2.31. The molecule has 1 heterocycles. The quantitative estimate of drug-likeness (QED) is 0.411. The first-order chi connectivity index (χ1) is 5.57. The average Bonchev–Trinajstić information content (AvgIpc) is 2.25. The van der Waals surface area contributed by atoms with Crippen molar-refractivity contribution in [1.29, 1.82) is 0 Å². The van der Waals surface area contributed by atoms with Crippen molar-refractivity contribution >= 4 is 7.85 Å². The Labute approximate surface area is 72.6 Å². The normalized spacial score (nSPS) is 44.7. The Morgan fingerprint density at radius 1 is 1.58 bits per heavy atom. The van der Waals surface area contributed by atoms with Gasteiger partial charge in [0.1, 0.15) is 14.0 Å². The third-order valence-electron chi connectivity index (χ3n) is 2.44. The summed E-state index contributed by atoms with van der Waals surface area (Å²) in [5.41, 5.74) is 0. The van der Waals surface area contributed by atoms with Gasteiger partial charge in [-0.3, -0.25) is 0 Å². The molecule has 4 nitrogen and oxygen atoms in total. The van der Waals surface area contributed by atoms with Gasteiger partial charge < -0.3 is 20.1 Å². The van der Waals surface area contributed by atoms with Crippen LogP contribution >= 0.6 is 0 Å². The summed E-state index contributed by atoms with van der Waals surface area (Å²) in [5.74, 6) is -0.290. The molecule has 0 aliphatic carbocycles. The molecule has 1 saturated heterocycles. The SMILES string of the molecule is B[C@@H]1OC(CO)[C@@H](O)C1C(C)O. The van der Waals surface area contributed by atoms with E-state index in [0.717, 1.165) is 0 Å². The summed E-state index contributed by atoms with van der Waals surface area (Å²) in [5, 5.41) is 27.6. The standard InChI is InChI=1S/C7H15BO4/c1-3(10)5-6(11)4(2-9)12-7(5)8/h3-7,9-11H,2,8H2,1H3/t3?,4?,5?,6-,7-/m1/s1. The summed E-state index contributed by atoms with van der Waals surface area (Å²) >= 11 is 0. The molecule has 0 aromatic heterocycles. The topological polar surface area (TPSA) is 69.9 Å². The Balaban J connectivity index is 2.63. The predicted molar refractivity (Wildman–Crippen MR) is 45.5 cm³/mol. The van der Waals surface area contributed by atoms with Gasteiger partial charge in [0, 0.05) is 11.9 Å². The molecule has 0 amide bonds. The second-order valence-corrected chi connectivity index (χ2v) is 3.37. The molecule has 0 radical (unpaired) electrons. The Kier molecular flexibility index (Phi) is 3.12. The van der Waals surface area contributed by atoms with Crippen LogP contribution in [0.4, 0.5) is 0 Å². The number of aliphatic hydroxyl groups excluding tert-OH is 3. The van der Waals surface area contributed by atoms with Gasteiger partial charge in [-0.1, -0.05) is 0 Å². The molecule has 5 atom stereocenters. The fourth-order valence-corrected chi connectivity index (χ4v) is 1.80. The van der Waals surface area contributed by atoms with Crippen molar-refractivity contribution in [1.82, 2.24) is 0 Å². The van der Waals surface area contributed by atoms with Gasteiger partial charge in [-0.15, -0.1) is 0 Å². The first kappa shape index (κ1) is 9.99. The van der Waals surface area contributed by atoms with Crippen LogP contribution in [0, 0.1) is 5.92 Å². The van der Waals surface area contributed by atoms with Crippen molar-refractivity contribution in [2.45, 2.75) is 31.2 Å². The minimum atomic E-state index is -0.759. The highest BCUT2D eigenvalue weighted by molar-refractivity contribution is 6.11. The first-order valence-electron chi connectivity index (χ1n) is 4.20. The van der Waals surface area contributed by atoms with Crippen molar-refractivity contribution in [2.24, 2.45) is 5.92 Å². The van der Waals surface area contributed by atoms with Crippen molar-refractivity contribution in [3.05, 3.63) is 0 Å². The van der Waals surface area contributed by atoms with E-state index in [9.17, 15) is 10.2 Å². The summed E-state index contributed by atoms with van der Waals surface area (Å²) < 4.78 is 5.24. The maximum atomic E-state index is 9.54. The zero-order valence-corrected chi connectivity index (χ0v) is 7.34. The third-order valence-corrected chi connectivity index (χ3v) is 2.44. The van der Waals surface area contributed by atoms with Crippen molar-refractivity contribution < 1.29 is 20.1 Å². The zero-order chi connectivity index (χ0) is 9.30. The fraction of sp³-hybridized carbons (Fsp3) is 1.00. The van der Waals surface area contributed by atoms with E-state index < -0.39 is 18.3 Å². The van der Waals surface area contributed by atoms with Crippen LogP contribution < -0.4 is 0 Å². The lowest BCUT2D eigenvalue weighted by atomic mass is 9.81. The molecule has 1 aliphatic rings. The van der Waals surface area contributed by atoms with Crippen LogP contribution in [0.5, 0.6) is 0 Å². The van der Waals surface area contributed by atoms with E-state index in [1.165, 1.54) is 0 Å². The summed E-state index contributed by atoms with van der Waals surface area (Å²) in [6, 6.07) is -0.197. The molecule has 70 valence electrons. The van der Waals surface area contributed by atoms with Crippen LogP contribution in [0.25, 0.3) is 0 Å². The summed E-state index contributed by atoms with van der Waals surface area (Å²) in [6.07, 6.45) is -1.91. The van der Waals surface area contributed by atoms with Crippen LogP contribution in [-0.4, -0.2) is 54.1 Å². The lowest BCUT2D eigenvalue weighted by Gasteiger charge is -2.20. The van der Waals surface area contributed by atoms with Crippen LogP contribution in [0.3, 0.4) is 0 Å². The van der Waals surface area contributed by atoms with Gasteiger partial charge in [0.2, 0.25) is 0 Å². The molecule has 0 aromatic carbocycles. The minimum Gasteiger partial charge on any atom is -0.394 e. The van der Waals surface area contributed by atoms with Crippen LogP contribution in [0.2, 0.25) is 0 Å². The second kappa shape index (κ2) is 3.74. The van der Waals surface area contributed by atoms with Crippen molar-refractivity contribution in [3.8, 4) is 0 Å². The highest BCUT2D eigenvalue weighted by Crippen LogP contribution is 2.27. The second-order valence-electron chi connectivity index (χ2n) is 3.37. The van der Waals surface area contributed by atoms with E-state index in [4.69, 9.17) is 9.84 Å². The Morgan fingerprint density at radius 2 is 2.17 bits per heavy atom. The molecular formula is C7H15BO4. The smallest absolute Gasteiger partial charge is 0.139 e. The molecule has 3 N–H and O–H groups in total. The summed E-state index contributed by atoms with van der Waals surface area (Å²) in [7, 11) is 1.79. The van der Waals surface area contributed by atoms with E-state index >= 15 is 0 Å². The van der Waals surface area contributed by atoms with Gasteiger partial charge in [-0.2, -0.15) is 0 Å². The lowest BCUT2D eigenvalue weighted by molar-refractivity contribution is -0.00815. The Hall–Kier alpha value is -0.0951. The monoisotopic (exact) mass is 174 g/mol. The number of aliphatic hydroxyl groups is 3. The van der Waals surface area contributed by atoms with Gasteiger partial charge in [0.05, 0.1) is 18.8 Å². The van der Waals surface area contributed by atoms with Crippen molar-refractivity contribution in [3.63, 3.8) is 0 Å². The third kappa shape index (κ3) is 1.64. The molecule has 0 saturated carbocycles. The molecule has 5 heteroatoms. The maximum Gasteiger partial charge on any atom is 0.139 e. The number of hydrogen-bond donors (Lipinski definition) is 3. The maximum absolute atomic E-state index is 9.54. The van der Waals surface area contributed by atoms with E-state index in [2.05, 4.69) is 0 Å². The van der Waals surface area contributed by atoms with E-state index in [0.29, 0.717) is 0 Å². The zero-order valence-electron chi connectivity index (χ0n) is 7.34. The van der Waals surface area contributed by atoms with E-state index in [1.54, 1.807) is 14.8 Å². The van der Waals surface area contributed by atoms with Gasteiger partial charge >= 0.3 is 0 Å².